The van der Waals surface area contributed by atoms with Crippen molar-refractivity contribution in [1.29, 1.82) is 0 Å². The molecule has 0 aliphatic rings. The van der Waals surface area contributed by atoms with E-state index in [0.29, 0.717) is 11.6 Å². The molecule has 0 aliphatic heterocycles. The number of para-hydroxylation sites is 1. The zero-order chi connectivity index (χ0) is 17.5. The minimum absolute atomic E-state index is 0.00896. The Hall–Kier alpha value is -1.69. The van der Waals surface area contributed by atoms with Gasteiger partial charge in [0.2, 0.25) is 0 Å². The third-order valence-corrected chi connectivity index (χ3v) is 4.77. The van der Waals surface area contributed by atoms with E-state index in [2.05, 4.69) is 0 Å². The van der Waals surface area contributed by atoms with Gasteiger partial charge in [0.1, 0.15) is 12.4 Å². The first kappa shape index (κ1) is 18.6. The average Bonchev–Trinajstić information content (AvgIpc) is 2.53. The number of nitrogens with zero attached hydrogens (tertiary/aromatic N) is 1. The van der Waals surface area contributed by atoms with Crippen LogP contribution in [0.4, 0.5) is 0 Å². The van der Waals surface area contributed by atoms with E-state index in [1.807, 2.05) is 55.5 Å². The predicted molar refractivity (Wildman–Crippen MR) is 97.2 cm³/mol. The van der Waals surface area contributed by atoms with E-state index in [1.54, 1.807) is 23.7 Å². The summed E-state index contributed by atoms with van der Waals surface area (Å²) < 4.78 is 5.92. The molecule has 0 amide bonds. The van der Waals surface area contributed by atoms with Crippen LogP contribution in [0.5, 0.6) is 5.75 Å². The van der Waals surface area contributed by atoms with Gasteiger partial charge in [-0.15, -0.1) is 0 Å². The van der Waals surface area contributed by atoms with Crippen LogP contribution in [0.25, 0.3) is 0 Å². The number of hydrogen-bond acceptors (Lipinski definition) is 4. The van der Waals surface area contributed by atoms with E-state index in [-0.39, 0.29) is 12.6 Å². The molecule has 0 heterocycles. The summed E-state index contributed by atoms with van der Waals surface area (Å²) in [6.07, 6.45) is 0. The minimum Gasteiger partial charge on any atom is -0.491 e. The van der Waals surface area contributed by atoms with E-state index in [4.69, 9.17) is 21.4 Å². The number of carbonyl (C=O) groups is 1. The Bertz CT molecular complexity index is 695. The highest BCUT2D eigenvalue weighted by Crippen LogP contribution is 2.35. The van der Waals surface area contributed by atoms with Crippen molar-refractivity contribution in [2.45, 2.75) is 22.8 Å². The first-order valence-electron chi connectivity index (χ1n) is 7.53. The molecule has 0 saturated heterocycles. The molecule has 6 heteroatoms. The molecule has 2 aromatic carbocycles. The highest BCUT2D eigenvalue weighted by molar-refractivity contribution is 7.99. The van der Waals surface area contributed by atoms with Crippen LogP contribution >= 0.6 is 23.4 Å². The van der Waals surface area contributed by atoms with Crippen molar-refractivity contribution in [3.05, 3.63) is 53.6 Å². The van der Waals surface area contributed by atoms with E-state index in [1.165, 1.54) is 0 Å². The van der Waals surface area contributed by atoms with Crippen LogP contribution in [0.2, 0.25) is 5.02 Å². The molecule has 0 spiro atoms. The first-order chi connectivity index (χ1) is 11.5. The number of carboxylic acid groups (broad SMARTS) is 1. The van der Waals surface area contributed by atoms with Crippen molar-refractivity contribution >= 4 is 29.3 Å². The number of hydrogen-bond donors (Lipinski definition) is 1. The number of likely N-dealkylation sites (N-methyl/N-ethyl adjacent to an activating group) is 1. The molecule has 4 nitrogen and oxygen atoms in total. The van der Waals surface area contributed by atoms with E-state index in [9.17, 15) is 4.79 Å². The van der Waals surface area contributed by atoms with Gasteiger partial charge >= 0.3 is 5.97 Å². The molecule has 0 radical (unpaired) electrons. The van der Waals surface area contributed by atoms with Crippen molar-refractivity contribution in [2.24, 2.45) is 0 Å². The predicted octanol–water partition coefficient (Wildman–Crippen LogP) is 4.27. The molecular weight excluding hydrogens is 346 g/mol. The molecule has 0 saturated carbocycles. The van der Waals surface area contributed by atoms with Crippen molar-refractivity contribution in [1.82, 2.24) is 4.90 Å². The molecule has 1 N–H and O–H groups in total. The fraction of sp³-hybridized carbons (Fsp3) is 0.278. The van der Waals surface area contributed by atoms with E-state index >= 15 is 0 Å². The Balaban J connectivity index is 2.02. The summed E-state index contributed by atoms with van der Waals surface area (Å²) in [6, 6.07) is 15.4. The van der Waals surface area contributed by atoms with Crippen LogP contribution in [-0.4, -0.2) is 42.2 Å². The number of carboxylic acids is 1. The van der Waals surface area contributed by atoms with Crippen LogP contribution in [0, 0.1) is 0 Å². The molecule has 24 heavy (non-hydrogen) atoms. The summed E-state index contributed by atoms with van der Waals surface area (Å²) in [4.78, 5) is 14.6. The second-order valence-corrected chi connectivity index (χ2v) is 7.03. The standard InChI is InChI=1S/C18H20ClNO3S/c1-13(20(2)11-18(21)22)12-23-16-8-3-4-9-17(16)24-15-7-5-6-14(19)10-15/h3-10,13H,11-12H2,1-2H3,(H,21,22). The molecule has 1 unspecified atom stereocenters. The Labute approximate surface area is 151 Å². The van der Waals surface area contributed by atoms with Crippen LogP contribution < -0.4 is 4.74 Å². The molecule has 0 aliphatic carbocycles. The smallest absolute Gasteiger partial charge is 0.317 e. The molecule has 0 aromatic heterocycles. The first-order valence-corrected chi connectivity index (χ1v) is 8.72. The summed E-state index contributed by atoms with van der Waals surface area (Å²) in [5.74, 6) is -0.0701. The SMILES string of the molecule is CC(COc1ccccc1Sc1cccc(Cl)c1)N(C)CC(=O)O. The van der Waals surface area contributed by atoms with Crippen molar-refractivity contribution in [3.8, 4) is 5.75 Å². The summed E-state index contributed by atoms with van der Waals surface area (Å²) in [7, 11) is 1.77. The highest BCUT2D eigenvalue weighted by atomic mass is 35.5. The van der Waals surface area contributed by atoms with Crippen LogP contribution in [0.3, 0.4) is 0 Å². The minimum atomic E-state index is -0.846. The van der Waals surface area contributed by atoms with Crippen molar-refractivity contribution in [2.75, 3.05) is 20.2 Å². The van der Waals surface area contributed by atoms with Crippen LogP contribution in [0.15, 0.2) is 58.3 Å². The molecule has 0 bridgehead atoms. The maximum Gasteiger partial charge on any atom is 0.317 e. The van der Waals surface area contributed by atoms with Gasteiger partial charge in [-0.1, -0.05) is 41.6 Å². The lowest BCUT2D eigenvalue weighted by atomic mass is 10.3. The zero-order valence-electron chi connectivity index (χ0n) is 13.6. The van der Waals surface area contributed by atoms with Gasteiger partial charge in [0, 0.05) is 16.0 Å². The average molecular weight is 366 g/mol. The maximum atomic E-state index is 10.8. The Morgan fingerprint density at radius 2 is 2.04 bits per heavy atom. The third-order valence-electron chi connectivity index (χ3n) is 3.49. The number of benzene rings is 2. The molecule has 0 fully saturated rings. The molecule has 1 atom stereocenters. The lowest BCUT2D eigenvalue weighted by Crippen LogP contribution is -2.37. The highest BCUT2D eigenvalue weighted by Gasteiger charge is 2.14. The third kappa shape index (κ3) is 5.74. The molecule has 2 rings (SSSR count). The summed E-state index contributed by atoms with van der Waals surface area (Å²) >= 11 is 7.61. The lowest BCUT2D eigenvalue weighted by molar-refractivity contribution is -0.138. The number of halogens is 1. The Morgan fingerprint density at radius 3 is 2.75 bits per heavy atom. The van der Waals surface area contributed by atoms with Gasteiger partial charge in [0.05, 0.1) is 11.4 Å². The van der Waals surface area contributed by atoms with Crippen molar-refractivity contribution in [3.63, 3.8) is 0 Å². The van der Waals surface area contributed by atoms with Gasteiger partial charge in [-0.05, 0) is 44.3 Å². The number of rotatable bonds is 8. The van der Waals surface area contributed by atoms with E-state index < -0.39 is 5.97 Å². The van der Waals surface area contributed by atoms with Crippen LogP contribution in [0.1, 0.15) is 6.92 Å². The summed E-state index contributed by atoms with van der Waals surface area (Å²) in [6.45, 7) is 2.34. The van der Waals surface area contributed by atoms with Gasteiger partial charge in [0.15, 0.2) is 0 Å². The second-order valence-electron chi connectivity index (χ2n) is 5.48. The van der Waals surface area contributed by atoms with Gasteiger partial charge in [-0.2, -0.15) is 0 Å². The lowest BCUT2D eigenvalue weighted by Gasteiger charge is -2.23. The normalized spacial score (nSPS) is 12.2. The Kier molecular flexibility index (Phi) is 6.97. The second kappa shape index (κ2) is 8.97. The van der Waals surface area contributed by atoms with Gasteiger partial charge in [-0.25, -0.2) is 0 Å². The fourth-order valence-corrected chi connectivity index (χ4v) is 3.23. The van der Waals surface area contributed by atoms with E-state index in [0.717, 1.165) is 15.5 Å². The van der Waals surface area contributed by atoms with Crippen LogP contribution in [-0.2, 0) is 4.79 Å². The fourth-order valence-electron chi connectivity index (χ4n) is 2.02. The number of ether oxygens (including phenoxy) is 1. The van der Waals surface area contributed by atoms with Crippen molar-refractivity contribution < 1.29 is 14.6 Å². The largest absolute Gasteiger partial charge is 0.491 e. The van der Waals surface area contributed by atoms with Gasteiger partial charge in [-0.3, -0.25) is 9.69 Å². The molecule has 128 valence electrons. The quantitative estimate of drug-likeness (QED) is 0.756. The maximum absolute atomic E-state index is 10.8. The van der Waals surface area contributed by atoms with Gasteiger partial charge < -0.3 is 9.84 Å². The summed E-state index contributed by atoms with van der Waals surface area (Å²) in [5, 5.41) is 9.55. The Morgan fingerprint density at radius 1 is 1.29 bits per heavy atom. The number of aliphatic carboxylic acids is 1. The molecular formula is C18H20ClNO3S. The topological polar surface area (TPSA) is 49.8 Å². The van der Waals surface area contributed by atoms with Gasteiger partial charge in [0.25, 0.3) is 0 Å². The monoisotopic (exact) mass is 365 g/mol. The summed E-state index contributed by atoms with van der Waals surface area (Å²) in [5.41, 5.74) is 0. The molecule has 2 aromatic rings. The zero-order valence-corrected chi connectivity index (χ0v) is 15.2.